The van der Waals surface area contributed by atoms with Crippen LogP contribution in [0, 0.1) is 0 Å². The monoisotopic (exact) mass is 275 g/mol. The van der Waals surface area contributed by atoms with Crippen molar-refractivity contribution < 1.29 is 9.47 Å². The van der Waals surface area contributed by atoms with E-state index >= 15 is 0 Å². The van der Waals surface area contributed by atoms with E-state index in [9.17, 15) is 0 Å². The predicted octanol–water partition coefficient (Wildman–Crippen LogP) is 3.23. The van der Waals surface area contributed by atoms with Gasteiger partial charge in [-0.3, -0.25) is 0 Å². The topological polar surface area (TPSA) is 30.5 Å². The average Bonchev–Trinajstić information content (AvgIpc) is 2.98. The highest BCUT2D eigenvalue weighted by Crippen LogP contribution is 2.33. The van der Waals surface area contributed by atoms with Crippen LogP contribution in [0.5, 0.6) is 5.75 Å². The minimum atomic E-state index is 0.235. The number of benzene rings is 1. The summed E-state index contributed by atoms with van der Waals surface area (Å²) in [5.74, 6) is 1.00. The van der Waals surface area contributed by atoms with Gasteiger partial charge in [-0.15, -0.1) is 0 Å². The van der Waals surface area contributed by atoms with Crippen LogP contribution in [0.1, 0.15) is 49.8 Å². The van der Waals surface area contributed by atoms with Gasteiger partial charge in [0.1, 0.15) is 11.9 Å². The number of fused-ring (bicyclic) bond motifs is 1. The number of aryl methyl sites for hydroxylation is 1. The summed E-state index contributed by atoms with van der Waals surface area (Å²) in [5, 5.41) is 3.67. The lowest BCUT2D eigenvalue weighted by atomic mass is 9.87. The summed E-state index contributed by atoms with van der Waals surface area (Å²) in [5.41, 5.74) is 2.93. The zero-order chi connectivity index (χ0) is 13.8. The Hall–Kier alpha value is -1.06. The van der Waals surface area contributed by atoms with Crippen LogP contribution in [-0.4, -0.2) is 25.9 Å². The Morgan fingerprint density at radius 1 is 1.35 bits per heavy atom. The van der Waals surface area contributed by atoms with E-state index in [0.29, 0.717) is 6.04 Å². The Morgan fingerprint density at radius 3 is 3.10 bits per heavy atom. The molecule has 1 aromatic rings. The minimum Gasteiger partial charge on any atom is -0.488 e. The van der Waals surface area contributed by atoms with Gasteiger partial charge in [0.05, 0.1) is 13.2 Å². The lowest BCUT2D eigenvalue weighted by Crippen LogP contribution is -2.26. The van der Waals surface area contributed by atoms with E-state index in [4.69, 9.17) is 9.47 Å². The molecule has 2 unspecified atom stereocenters. The zero-order valence-corrected chi connectivity index (χ0v) is 12.4. The molecule has 0 radical (unpaired) electrons. The number of nitrogens with one attached hydrogen (secondary N) is 1. The molecule has 1 aliphatic carbocycles. The lowest BCUT2D eigenvalue weighted by molar-refractivity contribution is 0.141. The van der Waals surface area contributed by atoms with Gasteiger partial charge in [0.2, 0.25) is 0 Å². The van der Waals surface area contributed by atoms with Gasteiger partial charge in [0, 0.05) is 12.5 Å². The van der Waals surface area contributed by atoms with Gasteiger partial charge in [-0.2, -0.15) is 0 Å². The van der Waals surface area contributed by atoms with Crippen molar-refractivity contribution in [2.75, 3.05) is 19.8 Å². The van der Waals surface area contributed by atoms with E-state index in [2.05, 4.69) is 30.4 Å². The Bertz CT molecular complexity index is 441. The van der Waals surface area contributed by atoms with Crippen molar-refractivity contribution in [3.63, 3.8) is 0 Å². The van der Waals surface area contributed by atoms with Crippen LogP contribution in [0.2, 0.25) is 0 Å². The molecule has 1 aromatic carbocycles. The molecule has 0 amide bonds. The number of rotatable bonds is 5. The van der Waals surface area contributed by atoms with Crippen LogP contribution in [0.3, 0.4) is 0 Å². The molecule has 2 aliphatic rings. The van der Waals surface area contributed by atoms with Crippen molar-refractivity contribution in [3.8, 4) is 5.75 Å². The molecule has 0 spiro atoms. The molecule has 3 rings (SSSR count). The van der Waals surface area contributed by atoms with E-state index in [0.717, 1.165) is 31.9 Å². The highest BCUT2D eigenvalue weighted by Gasteiger charge is 2.22. The van der Waals surface area contributed by atoms with Crippen molar-refractivity contribution in [2.45, 2.75) is 51.2 Å². The summed E-state index contributed by atoms with van der Waals surface area (Å²) in [6.45, 7) is 4.87. The largest absolute Gasteiger partial charge is 0.488 e. The molecule has 0 saturated carbocycles. The van der Waals surface area contributed by atoms with Crippen LogP contribution in [0.4, 0.5) is 0 Å². The number of hydrogen-bond acceptors (Lipinski definition) is 3. The normalized spacial score (nSPS) is 25.4. The fraction of sp³-hybridized carbons (Fsp3) is 0.647. The lowest BCUT2D eigenvalue weighted by Gasteiger charge is -2.27. The van der Waals surface area contributed by atoms with Gasteiger partial charge in [0.15, 0.2) is 0 Å². The highest BCUT2D eigenvalue weighted by molar-refractivity contribution is 5.39. The molecule has 3 nitrogen and oxygen atoms in total. The third-order valence-corrected chi connectivity index (χ3v) is 4.26. The molecule has 1 fully saturated rings. The maximum atomic E-state index is 6.04. The third-order valence-electron chi connectivity index (χ3n) is 4.26. The molecule has 110 valence electrons. The van der Waals surface area contributed by atoms with E-state index in [1.165, 1.54) is 36.8 Å². The quantitative estimate of drug-likeness (QED) is 0.895. The van der Waals surface area contributed by atoms with E-state index < -0.39 is 0 Å². The molecule has 3 heteroatoms. The van der Waals surface area contributed by atoms with Crippen LogP contribution in [0.25, 0.3) is 0 Å². The second kappa shape index (κ2) is 6.59. The fourth-order valence-corrected chi connectivity index (χ4v) is 3.18. The van der Waals surface area contributed by atoms with Gasteiger partial charge >= 0.3 is 0 Å². The summed E-state index contributed by atoms with van der Waals surface area (Å²) >= 11 is 0. The average molecular weight is 275 g/mol. The molecule has 2 atom stereocenters. The molecule has 0 aromatic heterocycles. The van der Waals surface area contributed by atoms with Gasteiger partial charge in [0.25, 0.3) is 0 Å². The number of ether oxygens (including phenoxy) is 2. The summed E-state index contributed by atoms with van der Waals surface area (Å²) in [4.78, 5) is 0. The van der Waals surface area contributed by atoms with Crippen molar-refractivity contribution in [2.24, 2.45) is 0 Å². The molecule has 1 saturated heterocycles. The van der Waals surface area contributed by atoms with Crippen molar-refractivity contribution >= 4 is 0 Å². The summed E-state index contributed by atoms with van der Waals surface area (Å²) in [6.07, 6.45) is 6.15. The molecule has 20 heavy (non-hydrogen) atoms. The molecule has 0 bridgehead atoms. The van der Waals surface area contributed by atoms with Crippen LogP contribution in [0.15, 0.2) is 18.2 Å². The van der Waals surface area contributed by atoms with Gasteiger partial charge < -0.3 is 14.8 Å². The predicted molar refractivity (Wildman–Crippen MR) is 80.3 cm³/mol. The molecule has 1 heterocycles. The Morgan fingerprint density at radius 2 is 2.30 bits per heavy atom. The molecular formula is C17H25NO2. The first-order valence-corrected chi connectivity index (χ1v) is 7.97. The van der Waals surface area contributed by atoms with Gasteiger partial charge in [-0.25, -0.2) is 0 Å². The first-order chi connectivity index (χ1) is 9.86. The van der Waals surface area contributed by atoms with Gasteiger partial charge in [-0.05, 0) is 55.5 Å². The fourth-order valence-electron chi connectivity index (χ4n) is 3.18. The van der Waals surface area contributed by atoms with Crippen LogP contribution >= 0.6 is 0 Å². The van der Waals surface area contributed by atoms with Crippen molar-refractivity contribution in [1.29, 1.82) is 0 Å². The molecular weight excluding hydrogens is 250 g/mol. The van der Waals surface area contributed by atoms with Crippen molar-refractivity contribution in [3.05, 3.63) is 29.3 Å². The SMILES string of the molecule is CCCNC1CCCc2ccc(OC3CCOC3)cc21. The summed E-state index contributed by atoms with van der Waals surface area (Å²) in [7, 11) is 0. The summed E-state index contributed by atoms with van der Waals surface area (Å²) in [6, 6.07) is 7.13. The first kappa shape index (κ1) is 13.9. The summed E-state index contributed by atoms with van der Waals surface area (Å²) < 4.78 is 11.4. The van der Waals surface area contributed by atoms with E-state index in [-0.39, 0.29) is 6.10 Å². The third kappa shape index (κ3) is 3.15. The molecule has 1 N–H and O–H groups in total. The minimum absolute atomic E-state index is 0.235. The maximum absolute atomic E-state index is 6.04. The van der Waals surface area contributed by atoms with Gasteiger partial charge in [-0.1, -0.05) is 13.0 Å². The highest BCUT2D eigenvalue weighted by atomic mass is 16.5. The number of hydrogen-bond donors (Lipinski definition) is 1. The Kier molecular flexibility index (Phi) is 4.58. The van der Waals surface area contributed by atoms with E-state index in [1.54, 1.807) is 0 Å². The first-order valence-electron chi connectivity index (χ1n) is 7.97. The van der Waals surface area contributed by atoms with E-state index in [1.807, 2.05) is 0 Å². The second-order valence-corrected chi connectivity index (χ2v) is 5.86. The van der Waals surface area contributed by atoms with Crippen LogP contribution in [-0.2, 0) is 11.2 Å². The maximum Gasteiger partial charge on any atom is 0.124 e. The second-order valence-electron chi connectivity index (χ2n) is 5.86. The Balaban J connectivity index is 1.74. The zero-order valence-electron chi connectivity index (χ0n) is 12.4. The van der Waals surface area contributed by atoms with Crippen LogP contribution < -0.4 is 10.1 Å². The smallest absolute Gasteiger partial charge is 0.124 e. The molecule has 1 aliphatic heterocycles. The Labute approximate surface area is 121 Å². The van der Waals surface area contributed by atoms with Crippen molar-refractivity contribution in [1.82, 2.24) is 5.32 Å². The standard InChI is InChI=1S/C17H25NO2/c1-2-9-18-17-5-3-4-13-6-7-14(11-16(13)17)20-15-8-10-19-12-15/h6-7,11,15,17-18H,2-5,8-10,12H2,1H3.